The van der Waals surface area contributed by atoms with Gasteiger partial charge in [0, 0.05) is 39.1 Å². The summed E-state index contributed by atoms with van der Waals surface area (Å²) >= 11 is 0. The molecule has 1 radical (unpaired) electrons. The van der Waals surface area contributed by atoms with Crippen molar-refractivity contribution >= 4 is 0 Å². The van der Waals surface area contributed by atoms with Crippen molar-refractivity contribution in [3.63, 3.8) is 0 Å². The normalized spacial score (nSPS) is 15.7. The van der Waals surface area contributed by atoms with Crippen LogP contribution in [0.4, 0.5) is 0 Å². The molecule has 0 aromatic heterocycles. The maximum absolute atomic E-state index is 6.55. The van der Waals surface area contributed by atoms with Crippen molar-refractivity contribution in [2.24, 2.45) is 11.8 Å². The Balaban J connectivity index is -0.000000673. The molecule has 1 aliphatic carbocycles. The summed E-state index contributed by atoms with van der Waals surface area (Å²) in [5, 5.41) is 0. The van der Waals surface area contributed by atoms with Gasteiger partial charge in [0.05, 0.1) is 6.10 Å². The maximum Gasteiger partial charge on any atom is 0.200 e. The summed E-state index contributed by atoms with van der Waals surface area (Å²) in [5.41, 5.74) is 1.44. The van der Waals surface area contributed by atoms with Crippen LogP contribution in [-0.4, -0.2) is 12.4 Å². The van der Waals surface area contributed by atoms with Crippen molar-refractivity contribution in [2.45, 2.75) is 172 Å². The van der Waals surface area contributed by atoms with E-state index in [-0.39, 0.29) is 46.4 Å². The molecule has 1 fully saturated rings. The molecule has 0 saturated heterocycles. The zero-order valence-corrected chi connectivity index (χ0v) is 30.9. The van der Waals surface area contributed by atoms with Gasteiger partial charge in [0.2, 0.25) is 0 Å². The first-order chi connectivity index (χ1) is 17.6. The van der Waals surface area contributed by atoms with Crippen molar-refractivity contribution in [3.8, 4) is 5.75 Å². The van der Waals surface area contributed by atoms with Gasteiger partial charge in [0.1, 0.15) is 5.75 Å². The first kappa shape index (κ1) is 45.1. The molecule has 4 unspecified atom stereocenters. The number of benzene rings is 1. The molecule has 1 aromatic rings. The first-order valence-corrected chi connectivity index (χ1v) is 16.0. The molecule has 0 bridgehead atoms. The van der Waals surface area contributed by atoms with Crippen LogP contribution in [0.15, 0.2) is 24.3 Å². The Hall–Kier alpha value is 0.0839. The average Bonchev–Trinajstić information content (AvgIpc) is 2.94. The quantitative estimate of drug-likeness (QED) is 0.154. The minimum atomic E-state index is -0.127. The van der Waals surface area contributed by atoms with E-state index in [1.54, 1.807) is 0 Å². The van der Waals surface area contributed by atoms with Crippen LogP contribution in [0.25, 0.3) is 0 Å². The fourth-order valence-corrected chi connectivity index (χ4v) is 5.23. The van der Waals surface area contributed by atoms with Crippen LogP contribution in [0.1, 0.15) is 165 Å². The molecule has 2 nitrogen and oxygen atoms in total. The van der Waals surface area contributed by atoms with Gasteiger partial charge in [-0.15, -0.1) is 0 Å². The number of hydrogen-bond donors (Lipinski definition) is 0. The summed E-state index contributed by atoms with van der Waals surface area (Å²) in [6.07, 6.45) is 15.1. The molecule has 3 heteroatoms. The summed E-state index contributed by atoms with van der Waals surface area (Å²) in [5.74, 6) is 3.01. The van der Waals surface area contributed by atoms with Gasteiger partial charge in [-0.25, -0.2) is 0 Å². The Morgan fingerprint density at radius 1 is 0.763 bits per heavy atom. The molecule has 1 aromatic carbocycles. The zero-order valence-electron chi connectivity index (χ0n) is 28.1. The minimum Gasteiger partial charge on any atom is -0.465 e. The van der Waals surface area contributed by atoms with E-state index in [0.717, 1.165) is 18.1 Å². The molecule has 225 valence electrons. The van der Waals surface area contributed by atoms with Crippen molar-refractivity contribution < 1.29 is 42.2 Å². The molecule has 0 spiro atoms. The van der Waals surface area contributed by atoms with Crippen molar-refractivity contribution in [2.75, 3.05) is 0 Å². The van der Waals surface area contributed by atoms with E-state index in [9.17, 15) is 0 Å². The predicted molar refractivity (Wildman–Crippen MR) is 170 cm³/mol. The molecule has 4 atom stereocenters. The van der Waals surface area contributed by atoms with Gasteiger partial charge in [0.25, 0.3) is 0 Å². The van der Waals surface area contributed by atoms with Crippen molar-refractivity contribution in [1.82, 2.24) is 0 Å². The van der Waals surface area contributed by atoms with Crippen LogP contribution in [0, 0.1) is 19.3 Å². The van der Waals surface area contributed by atoms with E-state index < -0.39 is 0 Å². The Morgan fingerprint density at radius 3 is 1.74 bits per heavy atom. The van der Waals surface area contributed by atoms with Crippen LogP contribution < -0.4 is 4.74 Å². The van der Waals surface area contributed by atoms with Gasteiger partial charge in [-0.05, 0) is 61.1 Å². The van der Waals surface area contributed by atoms with E-state index in [2.05, 4.69) is 58.9 Å². The first-order valence-electron chi connectivity index (χ1n) is 16.0. The third kappa shape index (κ3) is 19.2. The van der Waals surface area contributed by atoms with Gasteiger partial charge >= 0.3 is 0 Å². The number of hydrogen-bond acceptors (Lipinski definition) is 2. The maximum atomic E-state index is 6.55. The smallest absolute Gasteiger partial charge is 0.200 e. The van der Waals surface area contributed by atoms with Crippen LogP contribution in [0.3, 0.4) is 0 Å². The van der Waals surface area contributed by atoms with Gasteiger partial charge in [-0.3, -0.25) is 0 Å². The van der Waals surface area contributed by atoms with Gasteiger partial charge in [-0.1, -0.05) is 133 Å². The van der Waals surface area contributed by atoms with E-state index in [0.29, 0.717) is 17.9 Å². The fourth-order valence-electron chi connectivity index (χ4n) is 5.23. The monoisotopic (exact) mass is 610 g/mol. The van der Waals surface area contributed by atoms with Gasteiger partial charge in [0.15, 0.2) is 6.29 Å². The third-order valence-electron chi connectivity index (χ3n) is 7.20. The summed E-state index contributed by atoms with van der Waals surface area (Å²) in [6.45, 7) is 23.6. The van der Waals surface area contributed by atoms with Crippen LogP contribution in [-0.2, 0) is 37.4 Å². The summed E-state index contributed by atoms with van der Waals surface area (Å²) < 4.78 is 13.0. The van der Waals surface area contributed by atoms with Crippen LogP contribution in [0.5, 0.6) is 5.75 Å². The van der Waals surface area contributed by atoms with Crippen molar-refractivity contribution in [3.05, 3.63) is 37.3 Å². The van der Waals surface area contributed by atoms with Gasteiger partial charge < -0.3 is 16.9 Å². The van der Waals surface area contributed by atoms with E-state index in [1.165, 1.54) is 76.2 Å². The second-order valence-electron chi connectivity index (χ2n) is 9.58. The summed E-state index contributed by atoms with van der Waals surface area (Å²) in [7, 11) is 0. The van der Waals surface area contributed by atoms with E-state index in [1.807, 2.05) is 41.5 Å². The Morgan fingerprint density at radius 2 is 1.29 bits per heavy atom. The Bertz CT molecular complexity index is 554. The summed E-state index contributed by atoms with van der Waals surface area (Å²) in [6, 6.07) is 8.87. The zero-order chi connectivity index (χ0) is 27.8. The molecular weight excluding hydrogens is 541 g/mol. The largest absolute Gasteiger partial charge is 0.465 e. The summed E-state index contributed by atoms with van der Waals surface area (Å²) in [4.78, 5) is 0. The topological polar surface area (TPSA) is 18.5 Å². The predicted octanol–water partition coefficient (Wildman–Crippen LogP) is 12.4. The molecule has 1 saturated carbocycles. The molecule has 38 heavy (non-hydrogen) atoms. The second-order valence-corrected chi connectivity index (χ2v) is 9.58. The molecule has 0 N–H and O–H groups in total. The second kappa shape index (κ2) is 31.6. The number of ether oxygens (including phenoxy) is 2. The standard InChI is InChI=1S/C28H48O2.3C2H6.CH3.Y/c1-6-13-23(8-3)22(5)21-28(29-26-15-11-10-12-16-26)30-27-19-17-25(18-20-27)24(9-4)14-7-2;3*1-2;;/h17-20,22-24,26,28H,6-16,21H2,1-5H3;3*1-2H3;1H3;/q;;;;-1;. The molecular formula is C35H69O2Y-. The Kier molecular flexibility index (Phi) is 37.5. The number of rotatable bonds is 14. The fraction of sp³-hybridized carbons (Fsp3) is 0.800. The molecule has 0 aliphatic heterocycles. The van der Waals surface area contributed by atoms with E-state index >= 15 is 0 Å². The van der Waals surface area contributed by atoms with E-state index in [4.69, 9.17) is 9.47 Å². The molecule has 2 rings (SSSR count). The Labute approximate surface area is 267 Å². The van der Waals surface area contributed by atoms with Crippen LogP contribution >= 0.6 is 0 Å². The SMILES string of the molecule is CC.CC.CC.CCCC(CC)c1ccc(OC(CC(C)C(CC)CCC)OC2CCCCC2)cc1.[CH3-].[Y]. The molecule has 0 heterocycles. The third-order valence-corrected chi connectivity index (χ3v) is 7.20. The molecule has 1 aliphatic rings. The molecule has 0 amide bonds. The average molecular weight is 611 g/mol. The van der Waals surface area contributed by atoms with Gasteiger partial charge in [-0.2, -0.15) is 0 Å². The van der Waals surface area contributed by atoms with Crippen molar-refractivity contribution in [1.29, 1.82) is 0 Å². The minimum absolute atomic E-state index is 0. The van der Waals surface area contributed by atoms with Crippen LogP contribution in [0.2, 0.25) is 0 Å².